The van der Waals surface area contributed by atoms with Crippen molar-refractivity contribution in [3.8, 4) is 5.75 Å². The highest BCUT2D eigenvalue weighted by molar-refractivity contribution is 6.37. The first-order valence-electron chi connectivity index (χ1n) is 9.68. The Hall–Kier alpha value is -3.70. The molecule has 7 nitrogen and oxygen atoms in total. The van der Waals surface area contributed by atoms with Crippen molar-refractivity contribution in [2.75, 3.05) is 5.32 Å². The van der Waals surface area contributed by atoms with Gasteiger partial charge in [0.05, 0.1) is 33.2 Å². The standard InChI is InChI=1S/C22H12Cl2F4N4O3/c23-13-7-11(8-14(24)19(13)33)20(34)29-16-6-5-15(25)18-17(16)21(35)32(31-30-18)9-10-3-1-2-4-12(10)22(26,27)28/h1-8,33H,9H2,(H,29,34). The molecule has 180 valence electrons. The van der Waals surface area contributed by atoms with E-state index in [0.29, 0.717) is 4.68 Å². The van der Waals surface area contributed by atoms with Crippen LogP contribution >= 0.6 is 23.2 Å². The number of nitrogens with one attached hydrogen (secondary N) is 1. The van der Waals surface area contributed by atoms with Crippen molar-refractivity contribution in [3.05, 3.63) is 91.4 Å². The first kappa shape index (κ1) is 24.4. The molecular weight excluding hydrogens is 515 g/mol. The van der Waals surface area contributed by atoms with E-state index in [4.69, 9.17) is 23.2 Å². The Morgan fingerprint density at radius 3 is 2.40 bits per heavy atom. The summed E-state index contributed by atoms with van der Waals surface area (Å²) in [6.45, 7) is -0.607. The number of carbonyl (C=O) groups is 1. The van der Waals surface area contributed by atoms with Crippen molar-refractivity contribution < 1.29 is 27.5 Å². The molecule has 35 heavy (non-hydrogen) atoms. The van der Waals surface area contributed by atoms with Crippen LogP contribution in [0.4, 0.5) is 23.2 Å². The number of hydrogen-bond donors (Lipinski definition) is 2. The molecule has 3 aromatic carbocycles. The number of anilines is 1. The van der Waals surface area contributed by atoms with Gasteiger partial charge < -0.3 is 10.4 Å². The zero-order chi connectivity index (χ0) is 25.5. The van der Waals surface area contributed by atoms with Gasteiger partial charge in [0.2, 0.25) is 0 Å². The molecule has 4 rings (SSSR count). The van der Waals surface area contributed by atoms with Crippen molar-refractivity contribution in [3.63, 3.8) is 0 Å². The zero-order valence-corrected chi connectivity index (χ0v) is 18.7. The topological polar surface area (TPSA) is 97.1 Å². The SMILES string of the molecule is O=C(Nc1ccc(F)c2nnn(Cc3ccccc3C(F)(F)F)c(=O)c12)c1cc(Cl)c(O)c(Cl)c1. The molecule has 0 radical (unpaired) electrons. The summed E-state index contributed by atoms with van der Waals surface area (Å²) in [5.74, 6) is -2.18. The van der Waals surface area contributed by atoms with Gasteiger partial charge in [-0.1, -0.05) is 46.6 Å². The van der Waals surface area contributed by atoms with Crippen molar-refractivity contribution in [1.82, 2.24) is 15.0 Å². The van der Waals surface area contributed by atoms with Crippen LogP contribution in [0.1, 0.15) is 21.5 Å². The highest BCUT2D eigenvalue weighted by Crippen LogP contribution is 2.34. The molecule has 0 spiro atoms. The monoisotopic (exact) mass is 526 g/mol. The van der Waals surface area contributed by atoms with E-state index >= 15 is 0 Å². The van der Waals surface area contributed by atoms with Gasteiger partial charge in [-0.25, -0.2) is 9.07 Å². The van der Waals surface area contributed by atoms with Crippen LogP contribution in [-0.4, -0.2) is 26.0 Å². The van der Waals surface area contributed by atoms with E-state index < -0.39 is 52.2 Å². The summed E-state index contributed by atoms with van der Waals surface area (Å²) in [7, 11) is 0. The molecule has 0 saturated heterocycles. The van der Waals surface area contributed by atoms with E-state index in [1.807, 2.05) is 0 Å². The molecule has 0 saturated carbocycles. The van der Waals surface area contributed by atoms with Crippen molar-refractivity contribution in [2.45, 2.75) is 12.7 Å². The van der Waals surface area contributed by atoms with E-state index in [1.54, 1.807) is 0 Å². The number of alkyl halides is 3. The third kappa shape index (κ3) is 4.77. The molecule has 2 N–H and O–H groups in total. The van der Waals surface area contributed by atoms with Gasteiger partial charge in [-0.15, -0.1) is 5.10 Å². The van der Waals surface area contributed by atoms with Crippen molar-refractivity contribution in [2.24, 2.45) is 0 Å². The fourth-order valence-corrected chi connectivity index (χ4v) is 3.83. The second-order valence-electron chi connectivity index (χ2n) is 7.27. The molecule has 0 aliphatic rings. The van der Waals surface area contributed by atoms with Gasteiger partial charge in [0.25, 0.3) is 11.5 Å². The van der Waals surface area contributed by atoms with Crippen LogP contribution in [0.15, 0.2) is 53.3 Å². The van der Waals surface area contributed by atoms with Crippen LogP contribution in [0.25, 0.3) is 10.9 Å². The number of nitrogens with zero attached hydrogens (tertiary/aromatic N) is 3. The summed E-state index contributed by atoms with van der Waals surface area (Å²) in [5.41, 5.74) is -2.96. The lowest BCUT2D eigenvalue weighted by Gasteiger charge is -2.14. The minimum atomic E-state index is -4.68. The molecule has 4 aromatic rings. The minimum Gasteiger partial charge on any atom is -0.505 e. The van der Waals surface area contributed by atoms with E-state index in [0.717, 1.165) is 30.3 Å². The Bertz CT molecular complexity index is 1520. The molecule has 13 heteroatoms. The Balaban J connectivity index is 1.79. The smallest absolute Gasteiger partial charge is 0.416 e. The van der Waals surface area contributed by atoms with Crippen LogP contribution in [0.5, 0.6) is 5.75 Å². The quantitative estimate of drug-likeness (QED) is 0.353. The molecular formula is C22H12Cl2F4N4O3. The number of rotatable bonds is 4. The fourth-order valence-electron chi connectivity index (χ4n) is 3.34. The Morgan fingerprint density at radius 1 is 1.09 bits per heavy atom. The highest BCUT2D eigenvalue weighted by atomic mass is 35.5. The number of hydrogen-bond acceptors (Lipinski definition) is 5. The van der Waals surface area contributed by atoms with Crippen LogP contribution in [-0.2, 0) is 12.7 Å². The third-order valence-corrected chi connectivity index (χ3v) is 5.58. The number of carbonyl (C=O) groups excluding carboxylic acids is 1. The van der Waals surface area contributed by atoms with Crippen LogP contribution in [0.3, 0.4) is 0 Å². The van der Waals surface area contributed by atoms with Gasteiger partial charge in [0.1, 0.15) is 5.52 Å². The summed E-state index contributed by atoms with van der Waals surface area (Å²) < 4.78 is 55.1. The number of fused-ring (bicyclic) bond motifs is 1. The van der Waals surface area contributed by atoms with Crippen LogP contribution < -0.4 is 10.9 Å². The first-order chi connectivity index (χ1) is 16.5. The molecule has 1 amide bonds. The van der Waals surface area contributed by atoms with Gasteiger partial charge >= 0.3 is 6.18 Å². The molecule has 1 heterocycles. The van der Waals surface area contributed by atoms with E-state index in [-0.39, 0.29) is 26.9 Å². The maximum atomic E-state index is 14.4. The zero-order valence-electron chi connectivity index (χ0n) is 17.2. The Labute approximate surface area is 203 Å². The minimum absolute atomic E-state index is 0.0864. The number of aromatic nitrogens is 3. The van der Waals surface area contributed by atoms with Gasteiger partial charge in [-0.05, 0) is 35.9 Å². The molecule has 0 fully saturated rings. The molecule has 0 aliphatic heterocycles. The van der Waals surface area contributed by atoms with E-state index in [9.17, 15) is 32.3 Å². The van der Waals surface area contributed by atoms with Gasteiger partial charge in [0, 0.05) is 5.56 Å². The largest absolute Gasteiger partial charge is 0.505 e. The maximum Gasteiger partial charge on any atom is 0.416 e. The number of aromatic hydroxyl groups is 1. The lowest BCUT2D eigenvalue weighted by molar-refractivity contribution is -0.138. The predicted octanol–water partition coefficient (Wildman–Crippen LogP) is 5.26. The second-order valence-corrected chi connectivity index (χ2v) is 8.08. The van der Waals surface area contributed by atoms with Crippen LogP contribution in [0.2, 0.25) is 10.0 Å². The summed E-state index contributed by atoms with van der Waals surface area (Å²) in [4.78, 5) is 25.9. The predicted molar refractivity (Wildman–Crippen MR) is 120 cm³/mol. The van der Waals surface area contributed by atoms with Gasteiger partial charge in [-0.2, -0.15) is 13.2 Å². The fraction of sp³-hybridized carbons (Fsp3) is 0.0909. The Kier molecular flexibility index (Phi) is 6.39. The third-order valence-electron chi connectivity index (χ3n) is 5.00. The lowest BCUT2D eigenvalue weighted by Crippen LogP contribution is -2.27. The summed E-state index contributed by atoms with van der Waals surface area (Å²) >= 11 is 11.7. The number of phenols is 1. The van der Waals surface area contributed by atoms with E-state index in [2.05, 4.69) is 15.6 Å². The lowest BCUT2D eigenvalue weighted by atomic mass is 10.1. The average molecular weight is 527 g/mol. The normalized spacial score (nSPS) is 11.6. The second kappa shape index (κ2) is 9.16. The van der Waals surface area contributed by atoms with Gasteiger partial charge in [-0.3, -0.25) is 9.59 Å². The molecule has 1 aromatic heterocycles. The number of benzene rings is 3. The van der Waals surface area contributed by atoms with Gasteiger partial charge in [0.15, 0.2) is 11.6 Å². The molecule has 0 unspecified atom stereocenters. The van der Waals surface area contributed by atoms with Crippen LogP contribution in [0, 0.1) is 5.82 Å². The summed E-state index contributed by atoms with van der Waals surface area (Å²) in [5, 5.41) is 18.5. The highest BCUT2D eigenvalue weighted by Gasteiger charge is 2.33. The van der Waals surface area contributed by atoms with Crippen molar-refractivity contribution >= 4 is 45.7 Å². The molecule has 0 aliphatic carbocycles. The molecule has 0 atom stereocenters. The number of phenolic OH excluding ortho intramolecular Hbond substituents is 1. The molecule has 0 bridgehead atoms. The average Bonchev–Trinajstić information content (AvgIpc) is 2.80. The number of halogens is 6. The first-order valence-corrected chi connectivity index (χ1v) is 10.4. The van der Waals surface area contributed by atoms with E-state index in [1.165, 1.54) is 18.2 Å². The maximum absolute atomic E-state index is 14.4. The summed E-state index contributed by atoms with van der Waals surface area (Å²) in [6, 6.07) is 8.87. The Morgan fingerprint density at radius 2 is 1.74 bits per heavy atom. The number of amides is 1. The van der Waals surface area contributed by atoms with Crippen molar-refractivity contribution in [1.29, 1.82) is 0 Å². The summed E-state index contributed by atoms with van der Waals surface area (Å²) in [6.07, 6.45) is -4.68.